The monoisotopic (exact) mass is 116 g/mol. The van der Waals surface area contributed by atoms with Gasteiger partial charge in [-0.3, -0.25) is 0 Å². The quantitative estimate of drug-likeness (QED) is 0.356. The van der Waals surface area contributed by atoms with E-state index in [1.165, 1.54) is 0 Å². The van der Waals surface area contributed by atoms with Gasteiger partial charge in [0.05, 0.1) is 0 Å². The first kappa shape index (κ1) is 32.0. The van der Waals surface area contributed by atoms with Gasteiger partial charge < -0.3 is 11.0 Å². The maximum Gasteiger partial charge on any atom is -0.870 e. The van der Waals surface area contributed by atoms with Gasteiger partial charge in [0, 0.05) is 0 Å². The molecule has 0 saturated carbocycles. The minimum Gasteiger partial charge on any atom is -0.870 e. The van der Waals surface area contributed by atoms with Crippen LogP contribution in [0.5, 0.6) is 0 Å². The summed E-state index contributed by atoms with van der Waals surface area (Å²) in [6.07, 6.45) is 0. The second kappa shape index (κ2) is 18.0. The van der Waals surface area contributed by atoms with Crippen molar-refractivity contribution >= 4 is 75.5 Å². The Labute approximate surface area is 84.6 Å². The van der Waals surface area contributed by atoms with E-state index in [2.05, 4.69) is 0 Å². The van der Waals surface area contributed by atoms with Crippen LogP contribution in [-0.2, 0) is 0 Å². The Morgan fingerprint density at radius 1 is 0.750 bits per heavy atom. The van der Waals surface area contributed by atoms with Crippen molar-refractivity contribution in [3.8, 4) is 0 Å². The molecule has 0 atom stereocenters. The molecule has 20 valence electrons. The van der Waals surface area contributed by atoms with Gasteiger partial charge in [-0.1, -0.05) is 0 Å². The fourth-order valence-corrected chi connectivity index (χ4v) is 0. The minimum absolute atomic E-state index is 0. The van der Waals surface area contributed by atoms with Crippen LogP contribution in [0, 0.1) is 0 Å². The third kappa shape index (κ3) is 8.83. The van der Waals surface area contributed by atoms with Gasteiger partial charge in [0.2, 0.25) is 0 Å². The van der Waals surface area contributed by atoms with E-state index >= 15 is 0 Å². The van der Waals surface area contributed by atoms with Gasteiger partial charge in [-0.15, -0.1) is 0 Å². The molecule has 0 saturated heterocycles. The maximum absolute atomic E-state index is 0. The van der Waals surface area contributed by atoms with Gasteiger partial charge in [-0.05, 0) is 0 Å². The van der Waals surface area contributed by atoms with Crippen LogP contribution in [0.3, 0.4) is 0 Å². The van der Waals surface area contributed by atoms with Crippen LogP contribution in [0.1, 0.15) is 0 Å². The summed E-state index contributed by atoms with van der Waals surface area (Å²) in [6, 6.07) is 0. The van der Waals surface area contributed by atoms with Crippen LogP contribution < -0.4 is 0 Å². The molecule has 0 radical (unpaired) electrons. The van der Waals surface area contributed by atoms with Gasteiger partial charge in [0.15, 0.2) is 0 Å². The maximum atomic E-state index is 0. The normalized spacial score (nSPS) is 0. The summed E-state index contributed by atoms with van der Waals surface area (Å²) in [4.78, 5) is 0. The molecule has 4 heavy (non-hydrogen) atoms. The van der Waals surface area contributed by atoms with Crippen molar-refractivity contribution in [1.82, 2.24) is 0 Å². The van der Waals surface area contributed by atoms with Crippen LogP contribution >= 0.6 is 0 Å². The summed E-state index contributed by atoms with van der Waals surface area (Å²) < 4.78 is 0. The predicted octanol–water partition coefficient (Wildman–Crippen LogP) is -1.65. The summed E-state index contributed by atoms with van der Waals surface area (Å²) >= 11 is 0. The molecule has 0 bridgehead atoms. The molecule has 0 aromatic carbocycles. The zero-order chi connectivity index (χ0) is 0. The van der Waals surface area contributed by atoms with E-state index in [1.807, 2.05) is 0 Å². The van der Waals surface area contributed by atoms with Crippen LogP contribution in [0.2, 0.25) is 0 Å². The van der Waals surface area contributed by atoms with Gasteiger partial charge in [-0.25, -0.2) is 0 Å². The number of hydrogen-bond donors (Lipinski definition) is 0. The van der Waals surface area contributed by atoms with Crippen molar-refractivity contribution in [2.24, 2.45) is 0 Å². The molecule has 2 nitrogen and oxygen atoms in total. The molecular formula is H4Ca2O2. The number of hydrogen-bond acceptors (Lipinski definition) is 2. The molecule has 0 fully saturated rings. The van der Waals surface area contributed by atoms with Crippen molar-refractivity contribution < 1.29 is 11.0 Å². The SMILES string of the molecule is [Ca+2].[CaH2].[OH-].[OH-]. The largest absolute Gasteiger partial charge is 0.870 e. The standard InChI is InChI=1S/2Ca.2H2O.2H/h;;2*1H2;;/q;+2;;;;/p-2. The predicted molar refractivity (Wildman–Crippen MR) is 18.2 cm³/mol. The second-order valence-corrected chi connectivity index (χ2v) is 0. The molecular weight excluding hydrogens is 112 g/mol. The van der Waals surface area contributed by atoms with E-state index in [0.717, 1.165) is 0 Å². The summed E-state index contributed by atoms with van der Waals surface area (Å²) in [5.74, 6) is 0. The van der Waals surface area contributed by atoms with Crippen LogP contribution in [0.15, 0.2) is 0 Å². The molecule has 0 rings (SSSR count). The Bertz CT molecular complexity index is 4.00. The van der Waals surface area contributed by atoms with Crippen LogP contribution in [-0.4, -0.2) is 86.4 Å². The summed E-state index contributed by atoms with van der Waals surface area (Å²) in [7, 11) is 0. The molecule has 0 spiro atoms. The van der Waals surface area contributed by atoms with Crippen LogP contribution in [0.25, 0.3) is 0 Å². The van der Waals surface area contributed by atoms with Gasteiger partial charge >= 0.3 is 75.5 Å². The average molecular weight is 116 g/mol. The first-order chi connectivity index (χ1) is 0. The Morgan fingerprint density at radius 2 is 0.750 bits per heavy atom. The molecule has 0 amide bonds. The average Bonchev–Trinajstić information content (AvgIpc) is 0. The summed E-state index contributed by atoms with van der Waals surface area (Å²) in [6.45, 7) is 0. The molecule has 0 aliphatic carbocycles. The van der Waals surface area contributed by atoms with Gasteiger partial charge in [-0.2, -0.15) is 0 Å². The molecule has 0 aromatic heterocycles. The molecule has 4 heteroatoms. The van der Waals surface area contributed by atoms with Gasteiger partial charge in [0.1, 0.15) is 0 Å². The second-order valence-electron chi connectivity index (χ2n) is 0. The molecule has 0 aromatic rings. The Kier molecular flexibility index (Phi) is 144. The van der Waals surface area contributed by atoms with E-state index < -0.39 is 0 Å². The number of rotatable bonds is 0. The minimum atomic E-state index is 0. The molecule has 0 aliphatic heterocycles. The molecule has 0 heterocycles. The Morgan fingerprint density at radius 3 is 0.750 bits per heavy atom. The Balaban J connectivity index is 0. The van der Waals surface area contributed by atoms with Crippen molar-refractivity contribution in [3.63, 3.8) is 0 Å². The van der Waals surface area contributed by atoms with Crippen molar-refractivity contribution in [2.75, 3.05) is 0 Å². The van der Waals surface area contributed by atoms with E-state index in [4.69, 9.17) is 0 Å². The van der Waals surface area contributed by atoms with E-state index in [9.17, 15) is 0 Å². The smallest absolute Gasteiger partial charge is 0.870 e. The Hall–Kier alpha value is 2.44. The fraction of sp³-hybridized carbons (Fsp3) is 0. The van der Waals surface area contributed by atoms with Gasteiger partial charge in [0.25, 0.3) is 0 Å². The first-order valence-corrected chi connectivity index (χ1v) is 0. The zero-order valence-corrected chi connectivity index (χ0v) is 3.81. The molecule has 0 aliphatic rings. The van der Waals surface area contributed by atoms with E-state index in [-0.39, 0.29) is 86.4 Å². The first-order valence-electron chi connectivity index (χ1n) is 0. The topological polar surface area (TPSA) is 60.0 Å². The molecule has 0 unspecified atom stereocenters. The molecule has 2 N–H and O–H groups in total. The van der Waals surface area contributed by atoms with Crippen molar-refractivity contribution in [1.29, 1.82) is 0 Å². The van der Waals surface area contributed by atoms with Crippen LogP contribution in [0.4, 0.5) is 0 Å². The van der Waals surface area contributed by atoms with Crippen molar-refractivity contribution in [3.05, 3.63) is 0 Å². The summed E-state index contributed by atoms with van der Waals surface area (Å²) in [5, 5.41) is 0. The van der Waals surface area contributed by atoms with E-state index in [0.29, 0.717) is 0 Å². The van der Waals surface area contributed by atoms with Crippen molar-refractivity contribution in [2.45, 2.75) is 0 Å². The van der Waals surface area contributed by atoms with E-state index in [1.54, 1.807) is 0 Å². The zero-order valence-electron chi connectivity index (χ0n) is 1.60. The third-order valence-electron chi connectivity index (χ3n) is 0. The third-order valence-corrected chi connectivity index (χ3v) is 0. The fourth-order valence-electron chi connectivity index (χ4n) is 0. The summed E-state index contributed by atoms with van der Waals surface area (Å²) in [5.41, 5.74) is 0.